The fourth-order valence-electron chi connectivity index (χ4n) is 3.26. The first-order valence-corrected chi connectivity index (χ1v) is 6.91. The highest BCUT2D eigenvalue weighted by Gasteiger charge is 2.34. The van der Waals surface area contributed by atoms with Crippen LogP contribution in [0.3, 0.4) is 0 Å². The molecule has 1 aromatic rings. The van der Waals surface area contributed by atoms with Crippen molar-refractivity contribution in [2.75, 3.05) is 24.7 Å². The van der Waals surface area contributed by atoms with Gasteiger partial charge in [-0.25, -0.2) is 0 Å². The van der Waals surface area contributed by atoms with E-state index in [2.05, 4.69) is 17.0 Å². The molecule has 2 aliphatic rings. The van der Waals surface area contributed by atoms with E-state index in [0.29, 0.717) is 6.04 Å². The van der Waals surface area contributed by atoms with Crippen molar-refractivity contribution < 1.29 is 14.6 Å². The summed E-state index contributed by atoms with van der Waals surface area (Å²) in [5.41, 5.74) is 2.41. The first kappa shape index (κ1) is 12.5. The van der Waals surface area contributed by atoms with Crippen molar-refractivity contribution in [3.05, 3.63) is 29.8 Å². The maximum Gasteiger partial charge on any atom is 0.304 e. The molecule has 1 atom stereocenters. The van der Waals surface area contributed by atoms with Gasteiger partial charge in [-0.1, -0.05) is 18.2 Å². The molecule has 1 N–H and O–H groups in total. The van der Waals surface area contributed by atoms with Gasteiger partial charge in [0.05, 0.1) is 6.42 Å². The van der Waals surface area contributed by atoms with E-state index in [1.165, 1.54) is 11.3 Å². The molecule has 1 aromatic carbocycles. The number of benzene rings is 1. The third-order valence-electron chi connectivity index (χ3n) is 4.16. The standard InChI is InChI=1S/C15H19NO3/c17-15(18)9-11-10-16(12-5-7-19-8-6-12)14-4-2-1-3-13(11)14/h1-4,11-12H,5-10H2,(H,17,18). The first-order chi connectivity index (χ1) is 9.25. The summed E-state index contributed by atoms with van der Waals surface area (Å²) in [6.45, 7) is 2.45. The van der Waals surface area contributed by atoms with Gasteiger partial charge < -0.3 is 14.7 Å². The minimum Gasteiger partial charge on any atom is -0.481 e. The zero-order valence-corrected chi connectivity index (χ0v) is 10.9. The third-order valence-corrected chi connectivity index (χ3v) is 4.16. The zero-order valence-electron chi connectivity index (χ0n) is 10.9. The molecule has 0 saturated carbocycles. The lowest BCUT2D eigenvalue weighted by molar-refractivity contribution is -0.137. The Kier molecular flexibility index (Phi) is 3.42. The molecule has 0 bridgehead atoms. The van der Waals surface area contributed by atoms with Crippen molar-refractivity contribution in [3.63, 3.8) is 0 Å². The predicted octanol–water partition coefficient (Wildman–Crippen LogP) is 2.24. The maximum absolute atomic E-state index is 11.0. The fraction of sp³-hybridized carbons (Fsp3) is 0.533. The Balaban J connectivity index is 1.85. The lowest BCUT2D eigenvalue weighted by Gasteiger charge is -2.33. The second kappa shape index (κ2) is 5.21. The van der Waals surface area contributed by atoms with Crippen LogP contribution in [-0.4, -0.2) is 36.9 Å². The molecule has 2 aliphatic heterocycles. The van der Waals surface area contributed by atoms with Crippen LogP contribution in [0.4, 0.5) is 5.69 Å². The van der Waals surface area contributed by atoms with Crippen molar-refractivity contribution in [3.8, 4) is 0 Å². The van der Waals surface area contributed by atoms with Crippen molar-refractivity contribution in [1.82, 2.24) is 0 Å². The molecule has 19 heavy (non-hydrogen) atoms. The van der Waals surface area contributed by atoms with Gasteiger partial charge in [-0.05, 0) is 24.5 Å². The number of carboxylic acid groups (broad SMARTS) is 1. The number of fused-ring (bicyclic) bond motifs is 1. The molecular weight excluding hydrogens is 242 g/mol. The molecule has 0 aromatic heterocycles. The number of carboxylic acids is 1. The lowest BCUT2D eigenvalue weighted by Crippen LogP contribution is -2.38. The van der Waals surface area contributed by atoms with Crippen LogP contribution in [0.1, 0.15) is 30.7 Å². The van der Waals surface area contributed by atoms with Crippen LogP contribution in [0.15, 0.2) is 24.3 Å². The highest BCUT2D eigenvalue weighted by atomic mass is 16.5. The number of nitrogens with zero attached hydrogens (tertiary/aromatic N) is 1. The second-order valence-corrected chi connectivity index (χ2v) is 5.35. The average molecular weight is 261 g/mol. The Labute approximate surface area is 113 Å². The summed E-state index contributed by atoms with van der Waals surface area (Å²) in [5, 5.41) is 9.06. The number of hydrogen-bond donors (Lipinski definition) is 1. The highest BCUT2D eigenvalue weighted by molar-refractivity contribution is 5.71. The molecule has 0 aliphatic carbocycles. The minimum atomic E-state index is -0.714. The summed E-state index contributed by atoms with van der Waals surface area (Å²) in [6.07, 6.45) is 2.29. The van der Waals surface area contributed by atoms with Crippen LogP contribution in [0, 0.1) is 0 Å². The molecule has 4 heteroatoms. The number of ether oxygens (including phenoxy) is 1. The van der Waals surface area contributed by atoms with Crippen LogP contribution < -0.4 is 4.90 Å². The molecule has 1 fully saturated rings. The van der Waals surface area contributed by atoms with E-state index in [9.17, 15) is 4.79 Å². The summed E-state index contributed by atoms with van der Waals surface area (Å²) < 4.78 is 5.42. The topological polar surface area (TPSA) is 49.8 Å². The monoisotopic (exact) mass is 261 g/mol. The zero-order chi connectivity index (χ0) is 13.2. The Morgan fingerprint density at radius 2 is 2.05 bits per heavy atom. The number of para-hydroxylation sites is 1. The second-order valence-electron chi connectivity index (χ2n) is 5.35. The fourth-order valence-corrected chi connectivity index (χ4v) is 3.26. The van der Waals surface area contributed by atoms with Gasteiger partial charge in [0.15, 0.2) is 0 Å². The van der Waals surface area contributed by atoms with Gasteiger partial charge in [-0.3, -0.25) is 4.79 Å². The molecule has 1 unspecified atom stereocenters. The molecule has 3 rings (SSSR count). The van der Waals surface area contributed by atoms with Crippen molar-refractivity contribution in [1.29, 1.82) is 0 Å². The molecule has 1 saturated heterocycles. The van der Waals surface area contributed by atoms with E-state index in [1.807, 2.05) is 12.1 Å². The van der Waals surface area contributed by atoms with Gasteiger partial charge in [0, 0.05) is 37.4 Å². The summed E-state index contributed by atoms with van der Waals surface area (Å²) in [4.78, 5) is 13.4. The van der Waals surface area contributed by atoms with Crippen molar-refractivity contribution in [2.45, 2.75) is 31.2 Å². The van der Waals surface area contributed by atoms with Crippen LogP contribution >= 0.6 is 0 Å². The van der Waals surface area contributed by atoms with Gasteiger partial charge in [-0.2, -0.15) is 0 Å². The number of carbonyl (C=O) groups is 1. The Morgan fingerprint density at radius 3 is 2.79 bits per heavy atom. The van der Waals surface area contributed by atoms with E-state index in [4.69, 9.17) is 9.84 Å². The molecular formula is C15H19NO3. The third kappa shape index (κ3) is 2.45. The van der Waals surface area contributed by atoms with E-state index < -0.39 is 5.97 Å². The molecule has 4 nitrogen and oxygen atoms in total. The van der Waals surface area contributed by atoms with Crippen molar-refractivity contribution in [2.24, 2.45) is 0 Å². The number of hydrogen-bond acceptors (Lipinski definition) is 3. The maximum atomic E-state index is 11.0. The van der Waals surface area contributed by atoms with Crippen LogP contribution in [0.25, 0.3) is 0 Å². The van der Waals surface area contributed by atoms with Gasteiger partial charge >= 0.3 is 5.97 Å². The summed E-state index contributed by atoms with van der Waals surface area (Å²) in [5.74, 6) is -0.592. The van der Waals surface area contributed by atoms with Crippen LogP contribution in [0.5, 0.6) is 0 Å². The smallest absolute Gasteiger partial charge is 0.304 e. The summed E-state index contributed by atoms with van der Waals surface area (Å²) in [7, 11) is 0. The molecule has 2 heterocycles. The Bertz CT molecular complexity index is 468. The van der Waals surface area contributed by atoms with E-state index in [1.54, 1.807) is 0 Å². The largest absolute Gasteiger partial charge is 0.481 e. The highest BCUT2D eigenvalue weighted by Crippen LogP contribution is 2.40. The van der Waals surface area contributed by atoms with Gasteiger partial charge in [0.1, 0.15) is 0 Å². The van der Waals surface area contributed by atoms with Gasteiger partial charge in [0.25, 0.3) is 0 Å². The van der Waals surface area contributed by atoms with Crippen LogP contribution in [0.2, 0.25) is 0 Å². The number of aliphatic carboxylic acids is 1. The average Bonchev–Trinajstić information content (AvgIpc) is 2.78. The van der Waals surface area contributed by atoms with E-state index in [-0.39, 0.29) is 12.3 Å². The molecule has 0 radical (unpaired) electrons. The number of anilines is 1. The molecule has 0 amide bonds. The first-order valence-electron chi connectivity index (χ1n) is 6.91. The summed E-state index contributed by atoms with van der Waals surface area (Å²) >= 11 is 0. The molecule has 102 valence electrons. The predicted molar refractivity (Wildman–Crippen MR) is 72.6 cm³/mol. The van der Waals surface area contributed by atoms with Crippen molar-refractivity contribution >= 4 is 11.7 Å². The SMILES string of the molecule is O=C(O)CC1CN(C2CCOCC2)c2ccccc21. The van der Waals surface area contributed by atoms with Gasteiger partial charge in [0.2, 0.25) is 0 Å². The van der Waals surface area contributed by atoms with Crippen LogP contribution in [-0.2, 0) is 9.53 Å². The quantitative estimate of drug-likeness (QED) is 0.906. The Hall–Kier alpha value is -1.55. The normalized spacial score (nSPS) is 23.4. The summed E-state index contributed by atoms with van der Waals surface area (Å²) in [6, 6.07) is 8.72. The van der Waals surface area contributed by atoms with Gasteiger partial charge in [-0.15, -0.1) is 0 Å². The number of rotatable bonds is 3. The van der Waals surface area contributed by atoms with E-state index >= 15 is 0 Å². The minimum absolute atomic E-state index is 0.122. The van der Waals surface area contributed by atoms with E-state index in [0.717, 1.165) is 32.6 Å². The molecule has 0 spiro atoms. The lowest BCUT2D eigenvalue weighted by atomic mass is 9.98. The Morgan fingerprint density at radius 1 is 1.32 bits per heavy atom.